The van der Waals surface area contributed by atoms with Gasteiger partial charge in [-0.1, -0.05) is 6.92 Å². The van der Waals surface area contributed by atoms with Gasteiger partial charge in [0.15, 0.2) is 0 Å². The summed E-state index contributed by atoms with van der Waals surface area (Å²) in [4.78, 5) is 2.61. The Hall–Kier alpha value is -0.0800. The lowest BCUT2D eigenvalue weighted by Crippen LogP contribution is -2.35. The third kappa shape index (κ3) is 1.99. The second-order valence-electron chi connectivity index (χ2n) is 4.45. The molecule has 0 aliphatic carbocycles. The van der Waals surface area contributed by atoms with E-state index >= 15 is 0 Å². The van der Waals surface area contributed by atoms with Crippen molar-refractivity contribution in [2.75, 3.05) is 26.2 Å². The molecular weight excluding hydrogens is 148 g/mol. The summed E-state index contributed by atoms with van der Waals surface area (Å²) in [6.45, 7) is 7.55. The summed E-state index contributed by atoms with van der Waals surface area (Å²) in [5, 5.41) is 3.59. The van der Waals surface area contributed by atoms with Crippen LogP contribution >= 0.6 is 0 Å². The quantitative estimate of drug-likeness (QED) is 0.664. The van der Waals surface area contributed by atoms with Crippen molar-refractivity contribution < 1.29 is 0 Å². The summed E-state index contributed by atoms with van der Waals surface area (Å²) in [5.74, 6) is 0.901. The molecule has 1 N–H and O–H groups in total. The van der Waals surface area contributed by atoms with E-state index in [9.17, 15) is 0 Å². The van der Waals surface area contributed by atoms with Crippen molar-refractivity contribution in [3.8, 4) is 0 Å². The first kappa shape index (κ1) is 8.52. The van der Waals surface area contributed by atoms with Crippen molar-refractivity contribution in [1.29, 1.82) is 0 Å². The summed E-state index contributed by atoms with van der Waals surface area (Å²) in [6.07, 6.45) is 4.22. The van der Waals surface area contributed by atoms with Gasteiger partial charge < -0.3 is 10.2 Å². The lowest BCUT2D eigenvalue weighted by molar-refractivity contribution is 0.301. The zero-order chi connectivity index (χ0) is 8.39. The topological polar surface area (TPSA) is 15.3 Å². The van der Waals surface area contributed by atoms with Gasteiger partial charge in [0.2, 0.25) is 0 Å². The van der Waals surface area contributed by atoms with Gasteiger partial charge in [-0.05, 0) is 44.8 Å². The molecule has 2 aliphatic rings. The van der Waals surface area contributed by atoms with Crippen LogP contribution in [0.3, 0.4) is 0 Å². The number of nitrogens with zero attached hydrogens (tertiary/aromatic N) is 1. The molecule has 2 rings (SSSR count). The maximum absolute atomic E-state index is 3.59. The predicted molar refractivity (Wildman–Crippen MR) is 51.2 cm³/mol. The number of hydrogen-bond donors (Lipinski definition) is 1. The average molecular weight is 168 g/mol. The molecule has 0 spiro atoms. The lowest BCUT2D eigenvalue weighted by atomic mass is 10.1. The molecule has 2 nitrogen and oxygen atoms in total. The minimum Gasteiger partial charge on any atom is -0.312 e. The highest BCUT2D eigenvalue weighted by Crippen LogP contribution is 2.16. The Morgan fingerprint density at radius 3 is 2.67 bits per heavy atom. The Kier molecular flexibility index (Phi) is 2.66. The Morgan fingerprint density at radius 2 is 2.08 bits per heavy atom. The standard InChI is InChI=1S/C10H20N2/c1-9-6-10(11-7-9)8-12-4-2-3-5-12/h9-11H,2-8H2,1H3. The van der Waals surface area contributed by atoms with Crippen LogP contribution in [0.25, 0.3) is 0 Å². The van der Waals surface area contributed by atoms with Crippen molar-refractivity contribution >= 4 is 0 Å². The first-order valence-electron chi connectivity index (χ1n) is 5.30. The van der Waals surface area contributed by atoms with Gasteiger partial charge in [0.25, 0.3) is 0 Å². The zero-order valence-corrected chi connectivity index (χ0v) is 8.05. The summed E-state index contributed by atoms with van der Waals surface area (Å²) in [5.41, 5.74) is 0. The van der Waals surface area contributed by atoms with Crippen LogP contribution in [-0.2, 0) is 0 Å². The van der Waals surface area contributed by atoms with Crippen molar-refractivity contribution in [3.63, 3.8) is 0 Å². The van der Waals surface area contributed by atoms with E-state index in [2.05, 4.69) is 17.1 Å². The largest absolute Gasteiger partial charge is 0.312 e. The van der Waals surface area contributed by atoms with Gasteiger partial charge in [0.1, 0.15) is 0 Å². The number of rotatable bonds is 2. The van der Waals surface area contributed by atoms with E-state index in [1.54, 1.807) is 0 Å². The van der Waals surface area contributed by atoms with E-state index < -0.39 is 0 Å². The average Bonchev–Trinajstić information content (AvgIpc) is 2.63. The highest BCUT2D eigenvalue weighted by atomic mass is 15.2. The SMILES string of the molecule is CC1CNC(CN2CCCC2)C1. The van der Waals surface area contributed by atoms with Gasteiger partial charge in [0.05, 0.1) is 0 Å². The molecule has 2 heteroatoms. The van der Waals surface area contributed by atoms with Crippen LogP contribution in [0.4, 0.5) is 0 Å². The summed E-state index contributed by atoms with van der Waals surface area (Å²) >= 11 is 0. The van der Waals surface area contributed by atoms with Crippen LogP contribution < -0.4 is 5.32 Å². The molecule has 2 fully saturated rings. The minimum absolute atomic E-state index is 0.790. The maximum Gasteiger partial charge on any atom is 0.0198 e. The molecule has 2 atom stereocenters. The number of nitrogens with one attached hydrogen (secondary N) is 1. The predicted octanol–water partition coefficient (Wildman–Crippen LogP) is 1.08. The van der Waals surface area contributed by atoms with Crippen molar-refractivity contribution in [1.82, 2.24) is 10.2 Å². The zero-order valence-electron chi connectivity index (χ0n) is 8.05. The first-order chi connectivity index (χ1) is 5.84. The Morgan fingerprint density at radius 1 is 1.33 bits per heavy atom. The third-order valence-electron chi connectivity index (χ3n) is 3.12. The Balaban J connectivity index is 1.72. The maximum atomic E-state index is 3.59. The molecular formula is C10H20N2. The molecule has 0 bridgehead atoms. The molecule has 0 aromatic carbocycles. The Labute approximate surface area is 75.3 Å². The molecule has 0 aromatic rings. The minimum atomic E-state index is 0.790. The van der Waals surface area contributed by atoms with E-state index in [0.29, 0.717) is 0 Å². The van der Waals surface area contributed by atoms with Gasteiger partial charge >= 0.3 is 0 Å². The highest BCUT2D eigenvalue weighted by molar-refractivity contribution is 4.83. The summed E-state index contributed by atoms with van der Waals surface area (Å²) in [6, 6.07) is 0.790. The molecule has 0 aromatic heterocycles. The Bertz CT molecular complexity index is 141. The molecule has 2 saturated heterocycles. The number of hydrogen-bond acceptors (Lipinski definition) is 2. The van der Waals surface area contributed by atoms with Crippen LogP contribution in [0.5, 0.6) is 0 Å². The molecule has 0 radical (unpaired) electrons. The monoisotopic (exact) mass is 168 g/mol. The highest BCUT2D eigenvalue weighted by Gasteiger charge is 2.23. The normalized spacial score (nSPS) is 37.8. The van der Waals surface area contributed by atoms with Gasteiger partial charge in [-0.15, -0.1) is 0 Å². The third-order valence-corrected chi connectivity index (χ3v) is 3.12. The van der Waals surface area contributed by atoms with Gasteiger partial charge in [0, 0.05) is 12.6 Å². The summed E-state index contributed by atoms with van der Waals surface area (Å²) in [7, 11) is 0. The molecule has 2 heterocycles. The van der Waals surface area contributed by atoms with Crippen LogP contribution in [-0.4, -0.2) is 37.1 Å². The van der Waals surface area contributed by atoms with E-state index in [0.717, 1.165) is 12.0 Å². The molecule has 2 unspecified atom stereocenters. The second kappa shape index (κ2) is 3.75. The van der Waals surface area contributed by atoms with Crippen molar-refractivity contribution in [2.24, 2.45) is 5.92 Å². The molecule has 2 aliphatic heterocycles. The first-order valence-corrected chi connectivity index (χ1v) is 5.30. The second-order valence-corrected chi connectivity index (χ2v) is 4.45. The van der Waals surface area contributed by atoms with Gasteiger partial charge in [-0.2, -0.15) is 0 Å². The fraction of sp³-hybridized carbons (Fsp3) is 1.00. The molecule has 70 valence electrons. The number of likely N-dealkylation sites (tertiary alicyclic amines) is 1. The molecule has 0 amide bonds. The van der Waals surface area contributed by atoms with E-state index in [4.69, 9.17) is 0 Å². The van der Waals surface area contributed by atoms with Crippen LogP contribution in [0.15, 0.2) is 0 Å². The van der Waals surface area contributed by atoms with Crippen molar-refractivity contribution in [3.05, 3.63) is 0 Å². The molecule has 12 heavy (non-hydrogen) atoms. The summed E-state index contributed by atoms with van der Waals surface area (Å²) < 4.78 is 0. The van der Waals surface area contributed by atoms with E-state index in [1.807, 2.05) is 0 Å². The van der Waals surface area contributed by atoms with Crippen molar-refractivity contribution in [2.45, 2.75) is 32.2 Å². The van der Waals surface area contributed by atoms with Gasteiger partial charge in [-0.25, -0.2) is 0 Å². The van der Waals surface area contributed by atoms with E-state index in [1.165, 1.54) is 45.4 Å². The lowest BCUT2D eigenvalue weighted by Gasteiger charge is -2.19. The van der Waals surface area contributed by atoms with Crippen LogP contribution in [0.2, 0.25) is 0 Å². The fourth-order valence-corrected chi connectivity index (χ4v) is 2.44. The van der Waals surface area contributed by atoms with Gasteiger partial charge in [-0.3, -0.25) is 0 Å². The van der Waals surface area contributed by atoms with E-state index in [-0.39, 0.29) is 0 Å². The van der Waals surface area contributed by atoms with Crippen LogP contribution in [0, 0.1) is 5.92 Å². The fourth-order valence-electron chi connectivity index (χ4n) is 2.44. The molecule has 0 saturated carbocycles. The van der Waals surface area contributed by atoms with Crippen LogP contribution in [0.1, 0.15) is 26.2 Å². The smallest absolute Gasteiger partial charge is 0.0198 e.